The molecule has 1 fully saturated rings. The summed E-state index contributed by atoms with van der Waals surface area (Å²) < 4.78 is 0. The van der Waals surface area contributed by atoms with Crippen molar-refractivity contribution in [2.75, 3.05) is 39.3 Å². The molecule has 5 nitrogen and oxygen atoms in total. The first-order valence-electron chi connectivity index (χ1n) is 6.78. The molecule has 0 saturated carbocycles. The Morgan fingerprint density at radius 1 is 1.00 bits per heavy atom. The molecule has 1 aliphatic rings. The summed E-state index contributed by atoms with van der Waals surface area (Å²) in [6, 6.07) is 10.6. The van der Waals surface area contributed by atoms with Crippen LogP contribution >= 0.6 is 17.0 Å². The standard InChI is InChI=1S/C14H23N5.BrH/c15-14(16)17-6-7-18-8-10-19(11-9-18)12-13-4-2-1-3-5-13;/h1-5H,6-12H2,(H4,15,16,17);1H. The molecule has 0 aliphatic carbocycles. The Hall–Kier alpha value is -1.11. The van der Waals surface area contributed by atoms with Crippen LogP contribution in [0.1, 0.15) is 5.56 Å². The maximum absolute atomic E-state index is 5.32. The molecule has 0 aromatic heterocycles. The van der Waals surface area contributed by atoms with Crippen LogP contribution in [0.2, 0.25) is 0 Å². The molecule has 1 aromatic rings. The first-order chi connectivity index (χ1) is 9.24. The Morgan fingerprint density at radius 3 is 2.20 bits per heavy atom. The Bertz CT molecular complexity index is 397. The van der Waals surface area contributed by atoms with Gasteiger partial charge in [0, 0.05) is 39.3 Å². The lowest BCUT2D eigenvalue weighted by Gasteiger charge is -2.34. The number of rotatable bonds is 5. The van der Waals surface area contributed by atoms with Gasteiger partial charge in [-0.25, -0.2) is 0 Å². The van der Waals surface area contributed by atoms with Gasteiger partial charge in [0.05, 0.1) is 6.54 Å². The molecule has 112 valence electrons. The predicted octanol–water partition coefficient (Wildman–Crippen LogP) is 0.656. The second-order valence-corrected chi connectivity index (χ2v) is 4.91. The third-order valence-corrected chi connectivity index (χ3v) is 3.42. The van der Waals surface area contributed by atoms with E-state index in [2.05, 4.69) is 45.1 Å². The Morgan fingerprint density at radius 2 is 1.60 bits per heavy atom. The summed E-state index contributed by atoms with van der Waals surface area (Å²) in [5.41, 5.74) is 12.0. The summed E-state index contributed by atoms with van der Waals surface area (Å²) in [5.74, 6) is 0.183. The average Bonchev–Trinajstić information content (AvgIpc) is 2.42. The summed E-state index contributed by atoms with van der Waals surface area (Å²) >= 11 is 0. The third-order valence-electron chi connectivity index (χ3n) is 3.42. The monoisotopic (exact) mass is 341 g/mol. The van der Waals surface area contributed by atoms with Crippen LogP contribution in [0.3, 0.4) is 0 Å². The molecule has 0 spiro atoms. The molecule has 0 atom stereocenters. The van der Waals surface area contributed by atoms with E-state index < -0.39 is 0 Å². The second kappa shape index (κ2) is 8.94. The molecule has 0 unspecified atom stereocenters. The lowest BCUT2D eigenvalue weighted by Crippen LogP contribution is -2.46. The largest absolute Gasteiger partial charge is 0.370 e. The second-order valence-electron chi connectivity index (χ2n) is 4.91. The van der Waals surface area contributed by atoms with E-state index in [1.54, 1.807) is 0 Å². The molecule has 1 aromatic carbocycles. The van der Waals surface area contributed by atoms with Crippen LogP contribution in [-0.2, 0) is 6.54 Å². The zero-order valence-electron chi connectivity index (χ0n) is 11.7. The quantitative estimate of drug-likeness (QED) is 0.609. The van der Waals surface area contributed by atoms with E-state index in [-0.39, 0.29) is 22.9 Å². The van der Waals surface area contributed by atoms with Crippen molar-refractivity contribution in [1.29, 1.82) is 0 Å². The SMILES string of the molecule is Br.NC(N)=NCCN1CCN(Cc2ccccc2)CC1. The maximum atomic E-state index is 5.32. The van der Waals surface area contributed by atoms with Crippen LogP contribution < -0.4 is 11.5 Å². The number of hydrogen-bond acceptors (Lipinski definition) is 3. The summed E-state index contributed by atoms with van der Waals surface area (Å²) in [5, 5.41) is 0. The summed E-state index contributed by atoms with van der Waals surface area (Å²) in [6.07, 6.45) is 0. The third kappa shape index (κ3) is 5.90. The first-order valence-corrected chi connectivity index (χ1v) is 6.78. The molecule has 20 heavy (non-hydrogen) atoms. The number of halogens is 1. The van der Waals surface area contributed by atoms with Crippen molar-refractivity contribution in [2.24, 2.45) is 16.5 Å². The fraction of sp³-hybridized carbons (Fsp3) is 0.500. The van der Waals surface area contributed by atoms with Crippen LogP contribution in [0.4, 0.5) is 0 Å². The lowest BCUT2D eigenvalue weighted by atomic mass is 10.2. The molecule has 1 heterocycles. The predicted molar refractivity (Wildman–Crippen MR) is 89.2 cm³/mol. The number of hydrogen-bond donors (Lipinski definition) is 2. The zero-order valence-corrected chi connectivity index (χ0v) is 13.5. The molecular formula is C14H24BrN5. The van der Waals surface area contributed by atoms with Gasteiger partial charge in [0.1, 0.15) is 0 Å². The lowest BCUT2D eigenvalue weighted by molar-refractivity contribution is 0.130. The Kier molecular flexibility index (Phi) is 7.58. The molecule has 1 aliphatic heterocycles. The maximum Gasteiger partial charge on any atom is 0.185 e. The van der Waals surface area contributed by atoms with E-state index >= 15 is 0 Å². The van der Waals surface area contributed by atoms with E-state index in [0.29, 0.717) is 6.54 Å². The van der Waals surface area contributed by atoms with Crippen LogP contribution in [0.5, 0.6) is 0 Å². The van der Waals surface area contributed by atoms with Gasteiger partial charge in [-0.2, -0.15) is 0 Å². The van der Waals surface area contributed by atoms with E-state index in [9.17, 15) is 0 Å². The minimum absolute atomic E-state index is 0. The van der Waals surface area contributed by atoms with Gasteiger partial charge < -0.3 is 11.5 Å². The van der Waals surface area contributed by atoms with Crippen molar-refractivity contribution < 1.29 is 0 Å². The molecule has 0 bridgehead atoms. The van der Waals surface area contributed by atoms with E-state index in [4.69, 9.17) is 11.5 Å². The van der Waals surface area contributed by atoms with Crippen molar-refractivity contribution in [3.05, 3.63) is 35.9 Å². The van der Waals surface area contributed by atoms with E-state index in [1.165, 1.54) is 5.56 Å². The molecule has 6 heteroatoms. The van der Waals surface area contributed by atoms with Crippen molar-refractivity contribution in [3.8, 4) is 0 Å². The molecule has 2 rings (SSSR count). The highest BCUT2D eigenvalue weighted by molar-refractivity contribution is 8.93. The normalized spacial score (nSPS) is 16.4. The highest BCUT2D eigenvalue weighted by Gasteiger charge is 2.16. The topological polar surface area (TPSA) is 70.9 Å². The highest BCUT2D eigenvalue weighted by atomic mass is 79.9. The van der Waals surface area contributed by atoms with Crippen molar-refractivity contribution >= 4 is 22.9 Å². The first kappa shape index (κ1) is 16.9. The number of benzene rings is 1. The molecule has 0 amide bonds. The van der Waals surface area contributed by atoms with Crippen LogP contribution in [0.25, 0.3) is 0 Å². The van der Waals surface area contributed by atoms with Crippen LogP contribution in [-0.4, -0.2) is 55.0 Å². The van der Waals surface area contributed by atoms with Crippen LogP contribution in [0, 0.1) is 0 Å². The van der Waals surface area contributed by atoms with Crippen molar-refractivity contribution in [1.82, 2.24) is 9.80 Å². The molecule has 1 saturated heterocycles. The van der Waals surface area contributed by atoms with Gasteiger partial charge in [0.25, 0.3) is 0 Å². The summed E-state index contributed by atoms with van der Waals surface area (Å²) in [4.78, 5) is 8.93. The van der Waals surface area contributed by atoms with E-state index in [0.717, 1.165) is 39.3 Å². The fourth-order valence-electron chi connectivity index (χ4n) is 2.33. The molecule has 0 radical (unpaired) electrons. The van der Waals surface area contributed by atoms with Crippen LogP contribution in [0.15, 0.2) is 35.3 Å². The van der Waals surface area contributed by atoms with Crippen molar-refractivity contribution in [3.63, 3.8) is 0 Å². The van der Waals surface area contributed by atoms with Gasteiger partial charge in [0.15, 0.2) is 5.96 Å². The van der Waals surface area contributed by atoms with E-state index in [1.807, 2.05) is 0 Å². The van der Waals surface area contributed by atoms with Gasteiger partial charge in [-0.05, 0) is 5.56 Å². The zero-order chi connectivity index (χ0) is 13.5. The smallest absolute Gasteiger partial charge is 0.185 e. The van der Waals surface area contributed by atoms with Gasteiger partial charge in [0.2, 0.25) is 0 Å². The Balaban J connectivity index is 0.00000200. The molecular weight excluding hydrogens is 318 g/mol. The fourth-order valence-corrected chi connectivity index (χ4v) is 2.33. The highest BCUT2D eigenvalue weighted by Crippen LogP contribution is 2.08. The van der Waals surface area contributed by atoms with Gasteiger partial charge in [-0.3, -0.25) is 14.8 Å². The minimum atomic E-state index is 0. The number of nitrogens with zero attached hydrogens (tertiary/aromatic N) is 3. The number of aliphatic imine (C=N–C) groups is 1. The Labute approximate surface area is 131 Å². The molecule has 4 N–H and O–H groups in total. The van der Waals surface area contributed by atoms with Crippen molar-refractivity contribution in [2.45, 2.75) is 6.54 Å². The summed E-state index contributed by atoms with van der Waals surface area (Å²) in [6.45, 7) is 7.08. The minimum Gasteiger partial charge on any atom is -0.370 e. The van der Waals surface area contributed by atoms with Gasteiger partial charge in [-0.1, -0.05) is 30.3 Å². The number of guanidine groups is 1. The number of nitrogens with two attached hydrogens (primary N) is 2. The summed E-state index contributed by atoms with van der Waals surface area (Å²) in [7, 11) is 0. The van der Waals surface area contributed by atoms with Gasteiger partial charge in [-0.15, -0.1) is 17.0 Å². The van der Waals surface area contributed by atoms with Gasteiger partial charge >= 0.3 is 0 Å². The number of piperazine rings is 1. The average molecular weight is 342 g/mol.